The molecule has 1 aromatic carbocycles. The minimum absolute atomic E-state index is 0.0138. The molecule has 1 aromatic rings. The zero-order valence-electron chi connectivity index (χ0n) is 22.1. The molecule has 0 aliphatic heterocycles. The second-order valence-corrected chi connectivity index (χ2v) is 11.2. The number of benzene rings is 1. The van der Waals surface area contributed by atoms with Crippen LogP contribution < -0.4 is 9.79 Å². The van der Waals surface area contributed by atoms with E-state index in [-0.39, 0.29) is 26.3 Å². The highest BCUT2D eigenvalue weighted by Crippen LogP contribution is 2.43. The van der Waals surface area contributed by atoms with Gasteiger partial charge in [-0.05, 0) is 19.3 Å². The molecule has 16 heteroatoms. The average molecular weight is 573 g/mol. The fourth-order valence-electron chi connectivity index (χ4n) is 3.45. The summed E-state index contributed by atoms with van der Waals surface area (Å²) in [5.74, 6) is 0. The van der Waals surface area contributed by atoms with E-state index in [1.54, 1.807) is 0 Å². The highest BCUT2D eigenvalue weighted by Gasteiger charge is 2.39. The number of hydrogen-bond donors (Lipinski definition) is 0. The predicted octanol–water partition coefficient (Wildman–Crippen LogP) is 4.90. The quantitative estimate of drug-likeness (QED) is 0.0787. The standard InChI is InChI=1S/C22H36F3N4O8P/c1-5-6-11-26(12-9-7-8-10-14-36-38(34,35)37-15-13-29(2,3)4)21-19(27(30)31)16-18(22(23,24)25)17-20(21)28(32)33/h16-17H,5-15H2,1-4H3. The van der Waals surface area contributed by atoms with Crippen LogP contribution in [0.25, 0.3) is 0 Å². The van der Waals surface area contributed by atoms with Crippen LogP contribution in [-0.4, -0.2) is 68.3 Å². The topological polar surface area (TPSA) is 148 Å². The zero-order valence-corrected chi connectivity index (χ0v) is 23.0. The van der Waals surface area contributed by atoms with E-state index >= 15 is 0 Å². The summed E-state index contributed by atoms with van der Waals surface area (Å²) in [6.45, 7) is 2.51. The monoisotopic (exact) mass is 572 g/mol. The van der Waals surface area contributed by atoms with Gasteiger partial charge in [-0.25, -0.2) is 0 Å². The van der Waals surface area contributed by atoms with Crippen molar-refractivity contribution in [2.75, 3.05) is 58.9 Å². The molecule has 0 radical (unpaired) electrons. The van der Waals surface area contributed by atoms with E-state index in [0.717, 1.165) is 0 Å². The first-order valence-electron chi connectivity index (χ1n) is 12.2. The summed E-state index contributed by atoms with van der Waals surface area (Å²) >= 11 is 0. The van der Waals surface area contributed by atoms with Crippen molar-refractivity contribution in [1.29, 1.82) is 0 Å². The van der Waals surface area contributed by atoms with Crippen LogP contribution in [0.4, 0.5) is 30.2 Å². The fraction of sp³-hybridized carbons (Fsp3) is 0.727. The van der Waals surface area contributed by atoms with Gasteiger partial charge in [-0.3, -0.25) is 24.8 Å². The Bertz CT molecular complexity index is 953. The number of anilines is 1. The van der Waals surface area contributed by atoms with Crippen molar-refractivity contribution in [3.63, 3.8) is 0 Å². The maximum Gasteiger partial charge on any atom is 0.416 e. The molecule has 38 heavy (non-hydrogen) atoms. The molecule has 218 valence electrons. The lowest BCUT2D eigenvalue weighted by Gasteiger charge is -2.27. The van der Waals surface area contributed by atoms with E-state index in [9.17, 15) is 42.9 Å². The second kappa shape index (κ2) is 14.7. The third-order valence-corrected chi connectivity index (χ3v) is 6.47. The Morgan fingerprint density at radius 3 is 1.89 bits per heavy atom. The van der Waals surface area contributed by atoms with Crippen LogP contribution in [0, 0.1) is 20.2 Å². The van der Waals surface area contributed by atoms with E-state index in [4.69, 9.17) is 9.05 Å². The van der Waals surface area contributed by atoms with Crippen molar-refractivity contribution in [2.45, 2.75) is 51.6 Å². The van der Waals surface area contributed by atoms with Crippen molar-refractivity contribution < 1.29 is 46.0 Å². The van der Waals surface area contributed by atoms with Gasteiger partial charge < -0.3 is 23.3 Å². The third kappa shape index (κ3) is 12.0. The molecular weight excluding hydrogens is 536 g/mol. The summed E-state index contributed by atoms with van der Waals surface area (Å²) in [5, 5.41) is 23.2. The first kappa shape index (κ1) is 33.7. The molecule has 1 unspecified atom stereocenters. The minimum atomic E-state index is -4.99. The number of unbranched alkanes of at least 4 members (excludes halogenated alkanes) is 4. The molecule has 0 aliphatic rings. The minimum Gasteiger partial charge on any atom is -0.756 e. The maximum absolute atomic E-state index is 13.2. The summed E-state index contributed by atoms with van der Waals surface area (Å²) in [5.41, 5.74) is -3.88. The normalized spacial score (nSPS) is 13.8. The Hall–Kier alpha value is -2.32. The lowest BCUT2D eigenvalue weighted by atomic mass is 10.1. The van der Waals surface area contributed by atoms with Crippen molar-refractivity contribution in [3.05, 3.63) is 37.9 Å². The summed E-state index contributed by atoms with van der Waals surface area (Å²) in [6, 6.07) is 0.644. The van der Waals surface area contributed by atoms with Crippen molar-refractivity contribution in [2.24, 2.45) is 0 Å². The number of likely N-dealkylation sites (N-methyl/N-ethyl adjacent to an activating group) is 1. The number of rotatable bonds is 18. The second-order valence-electron chi connectivity index (χ2n) is 9.76. The van der Waals surface area contributed by atoms with Crippen molar-refractivity contribution >= 4 is 24.9 Å². The van der Waals surface area contributed by atoms with Crippen molar-refractivity contribution in [3.8, 4) is 0 Å². The molecule has 0 heterocycles. The molecule has 0 spiro atoms. The van der Waals surface area contributed by atoms with Gasteiger partial charge in [0.05, 0.1) is 43.2 Å². The van der Waals surface area contributed by atoms with Gasteiger partial charge in [-0.15, -0.1) is 0 Å². The van der Waals surface area contributed by atoms with E-state index < -0.39 is 46.5 Å². The van der Waals surface area contributed by atoms with Crippen LogP contribution >= 0.6 is 7.82 Å². The van der Waals surface area contributed by atoms with Gasteiger partial charge in [0.2, 0.25) is 0 Å². The number of nitrogens with zero attached hydrogens (tertiary/aromatic N) is 4. The molecule has 1 rings (SSSR count). The van der Waals surface area contributed by atoms with Crippen molar-refractivity contribution in [1.82, 2.24) is 0 Å². The third-order valence-electron chi connectivity index (χ3n) is 5.47. The molecule has 0 saturated carbocycles. The van der Waals surface area contributed by atoms with Gasteiger partial charge in [0, 0.05) is 25.2 Å². The summed E-state index contributed by atoms with van der Waals surface area (Å²) in [6.07, 6.45) is -1.99. The lowest BCUT2D eigenvalue weighted by Crippen LogP contribution is -2.37. The van der Waals surface area contributed by atoms with Gasteiger partial charge in [0.1, 0.15) is 13.2 Å². The van der Waals surface area contributed by atoms with E-state index in [1.165, 1.54) is 4.90 Å². The molecule has 12 nitrogen and oxygen atoms in total. The largest absolute Gasteiger partial charge is 0.756 e. The van der Waals surface area contributed by atoms with Gasteiger partial charge in [0.25, 0.3) is 19.2 Å². The van der Waals surface area contributed by atoms with Gasteiger partial charge in [0.15, 0.2) is 5.69 Å². The Labute approximate surface area is 219 Å². The molecule has 1 atom stereocenters. The Morgan fingerprint density at radius 2 is 1.42 bits per heavy atom. The van der Waals surface area contributed by atoms with Gasteiger partial charge in [-0.2, -0.15) is 13.2 Å². The number of halogens is 3. The number of hydrogen-bond acceptors (Lipinski definition) is 9. The number of phosphoric acid groups is 1. The zero-order chi connectivity index (χ0) is 29.1. The molecule has 0 aliphatic carbocycles. The van der Waals surface area contributed by atoms with E-state index in [0.29, 0.717) is 61.7 Å². The number of quaternary nitrogens is 1. The summed E-state index contributed by atoms with van der Waals surface area (Å²) in [4.78, 5) is 34.3. The fourth-order valence-corrected chi connectivity index (χ4v) is 4.19. The van der Waals surface area contributed by atoms with Crippen LogP contribution in [0.1, 0.15) is 51.0 Å². The molecule has 0 amide bonds. The molecule has 0 saturated heterocycles. The van der Waals surface area contributed by atoms with E-state index in [2.05, 4.69) is 0 Å². The smallest absolute Gasteiger partial charge is 0.416 e. The highest BCUT2D eigenvalue weighted by molar-refractivity contribution is 7.45. The Kier molecular flexibility index (Phi) is 13.1. The van der Waals surface area contributed by atoms with Crippen LogP contribution in [0.5, 0.6) is 0 Å². The highest BCUT2D eigenvalue weighted by atomic mass is 31.2. The molecule has 0 aromatic heterocycles. The number of nitro benzene ring substituents is 2. The van der Waals surface area contributed by atoms with Crippen LogP contribution in [0.3, 0.4) is 0 Å². The molecule has 0 N–H and O–H groups in total. The van der Waals surface area contributed by atoms with Crippen LogP contribution in [0.15, 0.2) is 12.1 Å². The van der Waals surface area contributed by atoms with Gasteiger partial charge in [-0.1, -0.05) is 26.2 Å². The SMILES string of the molecule is CCCCN(CCCCCCOP(=O)([O-])OCC[N+](C)(C)C)c1c([N+](=O)[O-])cc(C(F)(F)F)cc1[N+](=O)[O-]. The summed E-state index contributed by atoms with van der Waals surface area (Å²) < 4.78 is 61.7. The first-order chi connectivity index (χ1) is 17.5. The van der Waals surface area contributed by atoms with E-state index in [1.807, 2.05) is 28.1 Å². The Balaban J connectivity index is 2.82. The van der Waals surface area contributed by atoms with Crippen LogP contribution in [0.2, 0.25) is 0 Å². The van der Waals surface area contributed by atoms with Crippen LogP contribution in [-0.2, 0) is 19.8 Å². The van der Waals surface area contributed by atoms with Gasteiger partial charge >= 0.3 is 6.18 Å². The maximum atomic E-state index is 13.2. The summed E-state index contributed by atoms with van der Waals surface area (Å²) in [7, 11) is 1.23. The first-order valence-corrected chi connectivity index (χ1v) is 13.6. The number of phosphoric ester groups is 1. The predicted molar refractivity (Wildman–Crippen MR) is 133 cm³/mol. The number of alkyl halides is 3. The molecule has 0 fully saturated rings. The number of nitro groups is 2. The lowest BCUT2D eigenvalue weighted by molar-refractivity contribution is -0.870. The molecule has 0 bridgehead atoms. The Morgan fingerprint density at radius 1 is 0.921 bits per heavy atom. The molecular formula is C22H36F3N4O8P. The average Bonchev–Trinajstić information content (AvgIpc) is 2.77.